The molecule has 0 aliphatic carbocycles. The first kappa shape index (κ1) is 20.6. The second-order valence-corrected chi connectivity index (χ2v) is 7.85. The SMILES string of the molecule is COC(=O)COc1c(I)cc(/C=N/NC(=O)c2cc3ccccc3o2)cc1I. The molecule has 7 nitrogen and oxygen atoms in total. The Morgan fingerprint density at radius 3 is 2.57 bits per heavy atom. The van der Waals surface area contributed by atoms with Gasteiger partial charge in [-0.1, -0.05) is 18.2 Å². The molecule has 0 fully saturated rings. The Morgan fingerprint density at radius 1 is 1.18 bits per heavy atom. The molecule has 0 spiro atoms. The van der Waals surface area contributed by atoms with Crippen molar-refractivity contribution in [3.8, 4) is 5.75 Å². The zero-order chi connectivity index (χ0) is 20.1. The molecule has 0 saturated carbocycles. The van der Waals surface area contributed by atoms with Gasteiger partial charge in [0.1, 0.15) is 11.3 Å². The summed E-state index contributed by atoms with van der Waals surface area (Å²) in [6, 6.07) is 12.7. The predicted octanol–water partition coefficient (Wildman–Crippen LogP) is 3.96. The Balaban J connectivity index is 1.66. The van der Waals surface area contributed by atoms with Gasteiger partial charge in [0, 0.05) is 5.39 Å². The number of hydrogen-bond acceptors (Lipinski definition) is 6. The Labute approximate surface area is 187 Å². The number of nitrogens with zero attached hydrogens (tertiary/aromatic N) is 1. The van der Waals surface area contributed by atoms with E-state index in [0.717, 1.165) is 18.1 Å². The van der Waals surface area contributed by atoms with Crippen molar-refractivity contribution in [2.75, 3.05) is 13.7 Å². The van der Waals surface area contributed by atoms with Crippen LogP contribution in [0.25, 0.3) is 11.0 Å². The molecule has 0 aliphatic rings. The number of ether oxygens (including phenoxy) is 2. The third kappa shape index (κ3) is 5.01. The van der Waals surface area contributed by atoms with Crippen molar-refractivity contribution < 1.29 is 23.5 Å². The maximum Gasteiger partial charge on any atom is 0.343 e. The van der Waals surface area contributed by atoms with Gasteiger partial charge in [0.2, 0.25) is 0 Å². The highest BCUT2D eigenvalue weighted by Crippen LogP contribution is 2.28. The molecular weight excluding hydrogens is 590 g/mol. The van der Waals surface area contributed by atoms with Gasteiger partial charge < -0.3 is 13.9 Å². The summed E-state index contributed by atoms with van der Waals surface area (Å²) in [5.74, 6) is -0.107. The number of hydrazone groups is 1. The normalized spacial score (nSPS) is 11.0. The lowest BCUT2D eigenvalue weighted by Crippen LogP contribution is -2.16. The van der Waals surface area contributed by atoms with Crippen LogP contribution < -0.4 is 10.2 Å². The molecule has 0 saturated heterocycles. The van der Waals surface area contributed by atoms with Gasteiger partial charge in [0.15, 0.2) is 12.4 Å². The number of benzene rings is 2. The second kappa shape index (κ2) is 9.37. The number of esters is 1. The van der Waals surface area contributed by atoms with E-state index in [1.807, 2.05) is 30.3 Å². The van der Waals surface area contributed by atoms with Crippen molar-refractivity contribution in [3.05, 3.63) is 60.9 Å². The fourth-order valence-corrected chi connectivity index (χ4v) is 4.42. The molecule has 1 aromatic heterocycles. The van der Waals surface area contributed by atoms with E-state index in [2.05, 4.69) is 60.4 Å². The number of fused-ring (bicyclic) bond motifs is 1. The Hall–Kier alpha value is -2.15. The van der Waals surface area contributed by atoms with E-state index in [9.17, 15) is 9.59 Å². The second-order valence-electron chi connectivity index (χ2n) is 5.53. The summed E-state index contributed by atoms with van der Waals surface area (Å²) in [5, 5.41) is 4.83. The van der Waals surface area contributed by atoms with E-state index in [1.54, 1.807) is 12.1 Å². The van der Waals surface area contributed by atoms with Crippen molar-refractivity contribution in [3.63, 3.8) is 0 Å². The Morgan fingerprint density at radius 2 is 1.89 bits per heavy atom. The van der Waals surface area contributed by atoms with Crippen LogP contribution in [0.5, 0.6) is 5.75 Å². The van der Waals surface area contributed by atoms with Crippen molar-refractivity contribution in [1.82, 2.24) is 5.43 Å². The molecule has 0 aliphatic heterocycles. The highest BCUT2D eigenvalue weighted by molar-refractivity contribution is 14.1. The highest BCUT2D eigenvalue weighted by Gasteiger charge is 2.12. The van der Waals surface area contributed by atoms with Crippen LogP contribution in [0.15, 0.2) is 52.0 Å². The third-order valence-corrected chi connectivity index (χ3v) is 5.21. The van der Waals surface area contributed by atoms with Crippen LogP contribution in [-0.2, 0) is 9.53 Å². The van der Waals surface area contributed by atoms with Gasteiger partial charge in [-0.05, 0) is 75.0 Å². The molecule has 2 aromatic carbocycles. The zero-order valence-electron chi connectivity index (χ0n) is 14.6. The van der Waals surface area contributed by atoms with E-state index < -0.39 is 11.9 Å². The van der Waals surface area contributed by atoms with E-state index in [-0.39, 0.29) is 12.4 Å². The van der Waals surface area contributed by atoms with Crippen LogP contribution >= 0.6 is 45.2 Å². The third-order valence-electron chi connectivity index (χ3n) is 3.61. The summed E-state index contributed by atoms with van der Waals surface area (Å²) in [5.41, 5.74) is 3.86. The lowest BCUT2D eigenvalue weighted by molar-refractivity contribution is -0.142. The topological polar surface area (TPSA) is 90.1 Å². The first-order valence-electron chi connectivity index (χ1n) is 7.98. The predicted molar refractivity (Wildman–Crippen MR) is 121 cm³/mol. The minimum atomic E-state index is -0.453. The number of hydrogen-bond donors (Lipinski definition) is 1. The molecule has 0 unspecified atom stereocenters. The number of rotatable bonds is 6. The number of carbonyl (C=O) groups is 2. The maximum absolute atomic E-state index is 12.2. The fourth-order valence-electron chi connectivity index (χ4n) is 2.30. The maximum atomic E-state index is 12.2. The number of furan rings is 1. The molecule has 0 atom stereocenters. The molecular formula is C19H14I2N2O5. The average Bonchev–Trinajstić information content (AvgIpc) is 3.11. The summed E-state index contributed by atoms with van der Waals surface area (Å²) in [6.45, 7) is -0.163. The van der Waals surface area contributed by atoms with Gasteiger partial charge in [-0.25, -0.2) is 10.2 Å². The van der Waals surface area contributed by atoms with Crippen LogP contribution in [0.3, 0.4) is 0 Å². The molecule has 1 heterocycles. The van der Waals surface area contributed by atoms with Crippen molar-refractivity contribution >= 4 is 74.2 Å². The molecule has 9 heteroatoms. The van der Waals surface area contributed by atoms with Crippen molar-refractivity contribution in [2.45, 2.75) is 0 Å². The van der Waals surface area contributed by atoms with Crippen molar-refractivity contribution in [1.29, 1.82) is 0 Å². The molecule has 1 amide bonds. The van der Waals surface area contributed by atoms with Crippen LogP contribution in [0.1, 0.15) is 16.1 Å². The minimum Gasteiger partial charge on any atom is -0.480 e. The summed E-state index contributed by atoms with van der Waals surface area (Å²) in [4.78, 5) is 23.4. The molecule has 1 N–H and O–H groups in total. The lowest BCUT2D eigenvalue weighted by atomic mass is 10.2. The first-order valence-corrected chi connectivity index (χ1v) is 10.1. The van der Waals surface area contributed by atoms with E-state index >= 15 is 0 Å². The van der Waals surface area contributed by atoms with Gasteiger partial charge in [-0.3, -0.25) is 4.79 Å². The largest absolute Gasteiger partial charge is 0.480 e. The van der Waals surface area contributed by atoms with Crippen LogP contribution in [0, 0.1) is 7.14 Å². The smallest absolute Gasteiger partial charge is 0.343 e. The number of amides is 1. The minimum absolute atomic E-state index is 0.163. The summed E-state index contributed by atoms with van der Waals surface area (Å²) in [7, 11) is 1.31. The first-order chi connectivity index (χ1) is 13.5. The van der Waals surface area contributed by atoms with Crippen LogP contribution in [-0.4, -0.2) is 31.8 Å². The number of carbonyl (C=O) groups excluding carboxylic acids is 2. The van der Waals surface area contributed by atoms with Gasteiger partial charge in [0.05, 0.1) is 20.5 Å². The Kier molecular flexibility index (Phi) is 6.88. The molecule has 0 radical (unpaired) electrons. The van der Waals surface area contributed by atoms with Gasteiger partial charge >= 0.3 is 11.9 Å². The fraction of sp³-hybridized carbons (Fsp3) is 0.105. The number of para-hydroxylation sites is 1. The summed E-state index contributed by atoms with van der Waals surface area (Å²) >= 11 is 4.21. The molecule has 0 bridgehead atoms. The van der Waals surface area contributed by atoms with E-state index in [0.29, 0.717) is 11.3 Å². The molecule has 3 rings (SSSR count). The van der Waals surface area contributed by atoms with E-state index in [1.165, 1.54) is 13.3 Å². The monoisotopic (exact) mass is 604 g/mol. The summed E-state index contributed by atoms with van der Waals surface area (Å²) < 4.78 is 17.2. The highest BCUT2D eigenvalue weighted by atomic mass is 127. The standard InChI is InChI=1S/C19H14I2N2O5/c1-26-17(24)10-27-18-13(20)6-11(7-14(18)21)9-22-23-19(25)16-8-12-4-2-3-5-15(12)28-16/h2-9H,10H2,1H3,(H,23,25)/b22-9+. The van der Waals surface area contributed by atoms with Gasteiger partial charge in [-0.15, -0.1) is 0 Å². The van der Waals surface area contributed by atoms with Gasteiger partial charge in [-0.2, -0.15) is 5.10 Å². The average molecular weight is 604 g/mol. The number of methoxy groups -OCH3 is 1. The van der Waals surface area contributed by atoms with Crippen molar-refractivity contribution in [2.24, 2.45) is 5.10 Å². The number of nitrogens with one attached hydrogen (secondary N) is 1. The zero-order valence-corrected chi connectivity index (χ0v) is 18.9. The molecule has 28 heavy (non-hydrogen) atoms. The number of halogens is 2. The molecule has 3 aromatic rings. The van der Waals surface area contributed by atoms with Gasteiger partial charge in [0.25, 0.3) is 0 Å². The summed E-state index contributed by atoms with van der Waals surface area (Å²) in [6.07, 6.45) is 1.52. The van der Waals surface area contributed by atoms with Crippen LogP contribution in [0.2, 0.25) is 0 Å². The Bertz CT molecular complexity index is 1010. The molecule has 144 valence electrons. The quantitative estimate of drug-likeness (QED) is 0.199. The van der Waals surface area contributed by atoms with Crippen LogP contribution in [0.4, 0.5) is 0 Å². The lowest BCUT2D eigenvalue weighted by Gasteiger charge is -2.10. The van der Waals surface area contributed by atoms with E-state index in [4.69, 9.17) is 9.15 Å².